The minimum absolute atomic E-state index is 0.363. The van der Waals surface area contributed by atoms with Gasteiger partial charge in [-0.2, -0.15) is 5.26 Å². The van der Waals surface area contributed by atoms with Crippen LogP contribution >= 0.6 is 11.3 Å². The number of nitriles is 1. The van der Waals surface area contributed by atoms with E-state index in [1.165, 1.54) is 23.5 Å². The Balaban J connectivity index is 2.02. The average Bonchev–Trinajstić information content (AvgIpc) is 2.79. The molecule has 0 unspecified atom stereocenters. The highest BCUT2D eigenvalue weighted by molar-refractivity contribution is 7.10. The number of hydrogen-bond acceptors (Lipinski definition) is 4. The highest BCUT2D eigenvalue weighted by Crippen LogP contribution is 2.21. The van der Waals surface area contributed by atoms with Crippen LogP contribution in [-0.2, 0) is 6.54 Å². The molecule has 1 aromatic carbocycles. The zero-order chi connectivity index (χ0) is 12.3. The molecule has 2 aromatic rings. The monoisotopic (exact) mass is 248 g/mol. The van der Waals surface area contributed by atoms with E-state index in [0.29, 0.717) is 17.8 Å². The molecule has 0 aliphatic carbocycles. The summed E-state index contributed by atoms with van der Waals surface area (Å²) in [5, 5.41) is 22.5. The molecule has 3 nitrogen and oxygen atoms in total. The van der Waals surface area contributed by atoms with Crippen LogP contribution < -0.4 is 5.32 Å². The maximum absolute atomic E-state index is 13.0. The van der Waals surface area contributed by atoms with Crippen molar-refractivity contribution in [2.45, 2.75) is 6.54 Å². The standard InChI is InChI=1S/C12H9FN2OS/c13-11-4-9(1-2-12(11)16)15-6-10-3-8(5-14)7-17-10/h1-4,7,15-16H,6H2. The van der Waals surface area contributed by atoms with Crippen molar-refractivity contribution in [3.8, 4) is 11.8 Å². The fourth-order valence-electron chi connectivity index (χ4n) is 1.34. The number of benzene rings is 1. The molecule has 0 atom stereocenters. The Morgan fingerprint density at radius 2 is 2.24 bits per heavy atom. The summed E-state index contributed by atoms with van der Waals surface area (Å²) in [5.74, 6) is -1.02. The van der Waals surface area contributed by atoms with Crippen LogP contribution in [0.25, 0.3) is 0 Å². The quantitative estimate of drug-likeness (QED) is 0.821. The fourth-order valence-corrected chi connectivity index (χ4v) is 2.09. The third-order valence-corrected chi connectivity index (χ3v) is 3.13. The van der Waals surface area contributed by atoms with E-state index in [2.05, 4.69) is 11.4 Å². The molecule has 1 heterocycles. The normalized spacial score (nSPS) is 9.88. The molecule has 0 saturated carbocycles. The van der Waals surface area contributed by atoms with Gasteiger partial charge in [0.1, 0.15) is 6.07 Å². The van der Waals surface area contributed by atoms with Gasteiger partial charge in [-0.15, -0.1) is 11.3 Å². The third-order valence-electron chi connectivity index (χ3n) is 2.20. The highest BCUT2D eigenvalue weighted by atomic mass is 32.1. The minimum Gasteiger partial charge on any atom is -0.505 e. The second-order valence-corrected chi connectivity index (χ2v) is 4.43. The van der Waals surface area contributed by atoms with Crippen LogP contribution in [-0.4, -0.2) is 5.11 Å². The summed E-state index contributed by atoms with van der Waals surface area (Å²) in [6.07, 6.45) is 0. The number of phenolic OH excluding ortho intramolecular Hbond substituents is 1. The SMILES string of the molecule is N#Cc1csc(CNc2ccc(O)c(F)c2)c1. The molecule has 2 N–H and O–H groups in total. The number of aromatic hydroxyl groups is 1. The molecule has 0 fully saturated rings. The van der Waals surface area contributed by atoms with Gasteiger partial charge in [-0.3, -0.25) is 0 Å². The smallest absolute Gasteiger partial charge is 0.166 e. The van der Waals surface area contributed by atoms with Gasteiger partial charge in [0.2, 0.25) is 0 Å². The molecule has 0 bridgehead atoms. The Morgan fingerprint density at radius 3 is 2.88 bits per heavy atom. The maximum Gasteiger partial charge on any atom is 0.166 e. The van der Waals surface area contributed by atoms with E-state index in [9.17, 15) is 4.39 Å². The number of halogens is 1. The topological polar surface area (TPSA) is 56.0 Å². The summed E-state index contributed by atoms with van der Waals surface area (Å²) in [7, 11) is 0. The van der Waals surface area contributed by atoms with Crippen molar-refractivity contribution in [1.82, 2.24) is 0 Å². The molecule has 0 amide bonds. The Labute approximate surface area is 102 Å². The van der Waals surface area contributed by atoms with Crippen molar-refractivity contribution in [2.75, 3.05) is 5.32 Å². The maximum atomic E-state index is 13.0. The number of anilines is 1. The lowest BCUT2D eigenvalue weighted by Crippen LogP contribution is -1.97. The van der Waals surface area contributed by atoms with E-state index >= 15 is 0 Å². The van der Waals surface area contributed by atoms with E-state index in [-0.39, 0.29) is 5.75 Å². The Hall–Kier alpha value is -2.06. The van der Waals surface area contributed by atoms with Gasteiger partial charge in [0.25, 0.3) is 0 Å². The molecule has 0 spiro atoms. The molecular weight excluding hydrogens is 239 g/mol. The number of nitrogens with one attached hydrogen (secondary N) is 1. The summed E-state index contributed by atoms with van der Waals surface area (Å²) in [6.45, 7) is 0.524. The second-order valence-electron chi connectivity index (χ2n) is 3.43. The lowest BCUT2D eigenvalue weighted by atomic mass is 10.3. The van der Waals surface area contributed by atoms with Crippen molar-refractivity contribution in [2.24, 2.45) is 0 Å². The van der Waals surface area contributed by atoms with E-state index in [4.69, 9.17) is 10.4 Å². The summed E-state index contributed by atoms with van der Waals surface area (Å²) >= 11 is 1.47. The molecule has 5 heteroatoms. The number of thiophene rings is 1. The second kappa shape index (κ2) is 4.85. The van der Waals surface area contributed by atoms with Gasteiger partial charge in [0, 0.05) is 28.6 Å². The van der Waals surface area contributed by atoms with Crippen LogP contribution in [0.4, 0.5) is 10.1 Å². The van der Waals surface area contributed by atoms with Crippen LogP contribution in [0.2, 0.25) is 0 Å². The number of hydrogen-bond donors (Lipinski definition) is 2. The van der Waals surface area contributed by atoms with E-state index in [1.54, 1.807) is 17.5 Å². The summed E-state index contributed by atoms with van der Waals surface area (Å²) in [6, 6.07) is 7.96. The van der Waals surface area contributed by atoms with E-state index in [0.717, 1.165) is 4.88 Å². The summed E-state index contributed by atoms with van der Waals surface area (Å²) < 4.78 is 13.0. The lowest BCUT2D eigenvalue weighted by Gasteiger charge is -2.05. The molecule has 0 saturated heterocycles. The first-order valence-corrected chi connectivity index (χ1v) is 5.77. The first kappa shape index (κ1) is 11.4. The van der Waals surface area contributed by atoms with Crippen LogP contribution in [0.5, 0.6) is 5.75 Å². The zero-order valence-electron chi connectivity index (χ0n) is 8.77. The predicted molar refractivity (Wildman–Crippen MR) is 64.4 cm³/mol. The van der Waals surface area contributed by atoms with Crippen molar-refractivity contribution in [1.29, 1.82) is 5.26 Å². The van der Waals surface area contributed by atoms with Crippen LogP contribution in [0, 0.1) is 17.1 Å². The van der Waals surface area contributed by atoms with E-state index < -0.39 is 5.82 Å². The Kier molecular flexibility index (Phi) is 3.26. The van der Waals surface area contributed by atoms with Crippen LogP contribution in [0.15, 0.2) is 29.6 Å². The molecule has 17 heavy (non-hydrogen) atoms. The van der Waals surface area contributed by atoms with Crippen LogP contribution in [0.1, 0.15) is 10.4 Å². The Bertz CT molecular complexity index is 574. The van der Waals surface area contributed by atoms with Crippen molar-refractivity contribution in [3.05, 3.63) is 45.9 Å². The first-order valence-electron chi connectivity index (χ1n) is 4.89. The molecule has 1 aromatic heterocycles. The van der Waals surface area contributed by atoms with Gasteiger partial charge in [0.15, 0.2) is 11.6 Å². The molecule has 2 rings (SSSR count). The highest BCUT2D eigenvalue weighted by Gasteiger charge is 2.02. The molecular formula is C12H9FN2OS. The third kappa shape index (κ3) is 2.74. The van der Waals surface area contributed by atoms with Crippen molar-refractivity contribution < 1.29 is 9.50 Å². The summed E-state index contributed by atoms with van der Waals surface area (Å²) in [4.78, 5) is 0.995. The van der Waals surface area contributed by atoms with Gasteiger partial charge in [-0.25, -0.2) is 4.39 Å². The van der Waals surface area contributed by atoms with Gasteiger partial charge < -0.3 is 10.4 Å². The summed E-state index contributed by atoms with van der Waals surface area (Å²) in [5.41, 5.74) is 1.22. The lowest BCUT2D eigenvalue weighted by molar-refractivity contribution is 0.432. The predicted octanol–water partition coefficient (Wildman–Crippen LogP) is 3.08. The van der Waals surface area contributed by atoms with Crippen molar-refractivity contribution >= 4 is 17.0 Å². The molecule has 0 radical (unpaired) electrons. The number of nitrogens with zero attached hydrogens (tertiary/aromatic N) is 1. The molecule has 0 aliphatic rings. The Morgan fingerprint density at radius 1 is 1.41 bits per heavy atom. The number of phenols is 1. The van der Waals surface area contributed by atoms with Gasteiger partial charge >= 0.3 is 0 Å². The van der Waals surface area contributed by atoms with Crippen molar-refractivity contribution in [3.63, 3.8) is 0 Å². The molecule has 0 aliphatic heterocycles. The van der Waals surface area contributed by atoms with E-state index in [1.807, 2.05) is 0 Å². The minimum atomic E-state index is -0.654. The van der Waals surface area contributed by atoms with Gasteiger partial charge in [-0.05, 0) is 18.2 Å². The van der Waals surface area contributed by atoms with Gasteiger partial charge in [0.05, 0.1) is 5.56 Å². The van der Waals surface area contributed by atoms with Gasteiger partial charge in [-0.1, -0.05) is 0 Å². The zero-order valence-corrected chi connectivity index (χ0v) is 9.59. The fraction of sp³-hybridized carbons (Fsp3) is 0.0833. The average molecular weight is 248 g/mol. The largest absolute Gasteiger partial charge is 0.505 e. The van der Waals surface area contributed by atoms with Crippen LogP contribution in [0.3, 0.4) is 0 Å². The molecule has 86 valence electrons. The first-order chi connectivity index (χ1) is 8.19. The number of rotatable bonds is 3.